The lowest BCUT2D eigenvalue weighted by Gasteiger charge is -2.21. The van der Waals surface area contributed by atoms with Crippen LogP contribution in [-0.4, -0.2) is 12.6 Å². The van der Waals surface area contributed by atoms with Crippen molar-refractivity contribution in [3.05, 3.63) is 0 Å². The van der Waals surface area contributed by atoms with Gasteiger partial charge in [0.15, 0.2) is 0 Å². The molecule has 1 fully saturated rings. The third-order valence-corrected chi connectivity index (χ3v) is 1.02. The number of terminal acetylenes is 1. The Morgan fingerprint density at radius 1 is 1.83 bits per heavy atom. The quantitative estimate of drug-likeness (QED) is 0.404. The highest BCUT2D eigenvalue weighted by Crippen LogP contribution is 1.97. The molecule has 0 saturated carbocycles. The first-order valence-electron chi connectivity index (χ1n) is 2.13. The molecule has 1 heterocycles. The summed E-state index contributed by atoms with van der Waals surface area (Å²) in [6.45, 7) is 1.11. The zero-order chi connectivity index (χ0) is 4.41. The maximum absolute atomic E-state index is 5.02. The van der Waals surface area contributed by atoms with Crippen LogP contribution in [0.15, 0.2) is 0 Å². The highest BCUT2D eigenvalue weighted by atomic mass is 15.0. The van der Waals surface area contributed by atoms with Crippen LogP contribution in [0, 0.1) is 12.3 Å². The summed E-state index contributed by atoms with van der Waals surface area (Å²) in [5.74, 6) is 2.59. The summed E-state index contributed by atoms with van der Waals surface area (Å²) in [6, 6.07) is 0.394. The van der Waals surface area contributed by atoms with Crippen molar-refractivity contribution in [1.29, 1.82) is 0 Å². The van der Waals surface area contributed by atoms with Gasteiger partial charge in [-0.05, 0) is 13.0 Å². The molecule has 0 bridgehead atoms. The third kappa shape index (κ3) is 0.395. The van der Waals surface area contributed by atoms with Crippen molar-refractivity contribution in [2.45, 2.75) is 12.5 Å². The van der Waals surface area contributed by atoms with E-state index in [0.29, 0.717) is 6.04 Å². The van der Waals surface area contributed by atoms with Crippen molar-refractivity contribution in [2.75, 3.05) is 6.54 Å². The van der Waals surface area contributed by atoms with Crippen molar-refractivity contribution in [3.8, 4) is 12.3 Å². The van der Waals surface area contributed by atoms with Crippen LogP contribution >= 0.6 is 0 Å². The molecule has 1 saturated heterocycles. The van der Waals surface area contributed by atoms with Crippen LogP contribution < -0.4 is 5.32 Å². The van der Waals surface area contributed by atoms with Crippen LogP contribution in [-0.2, 0) is 0 Å². The third-order valence-electron chi connectivity index (χ3n) is 1.02. The normalized spacial score (nSPS) is 30.8. The number of nitrogens with one attached hydrogen (secondary N) is 1. The van der Waals surface area contributed by atoms with E-state index in [4.69, 9.17) is 6.42 Å². The molecule has 1 N–H and O–H groups in total. The molecule has 0 aromatic heterocycles. The first-order chi connectivity index (χ1) is 2.93. The Hall–Kier alpha value is -0.480. The van der Waals surface area contributed by atoms with Crippen LogP contribution in [0.3, 0.4) is 0 Å². The Labute approximate surface area is 37.7 Å². The van der Waals surface area contributed by atoms with E-state index in [1.165, 1.54) is 0 Å². The van der Waals surface area contributed by atoms with Gasteiger partial charge < -0.3 is 5.32 Å². The molecule has 1 aliphatic rings. The lowest BCUT2D eigenvalue weighted by atomic mass is 10.1. The molecule has 0 aromatic rings. The van der Waals surface area contributed by atoms with Crippen LogP contribution in [0.5, 0.6) is 0 Å². The predicted molar refractivity (Wildman–Crippen MR) is 25.2 cm³/mol. The Morgan fingerprint density at radius 2 is 2.50 bits per heavy atom. The molecule has 1 aliphatic heterocycles. The summed E-state index contributed by atoms with van der Waals surface area (Å²) in [5, 5.41) is 3.06. The number of hydrogen-bond acceptors (Lipinski definition) is 1. The van der Waals surface area contributed by atoms with Gasteiger partial charge in [0.2, 0.25) is 0 Å². The molecule has 32 valence electrons. The summed E-state index contributed by atoms with van der Waals surface area (Å²) < 4.78 is 0. The molecular formula is C5H7N. The molecule has 0 spiro atoms. The van der Waals surface area contributed by atoms with Gasteiger partial charge in [0, 0.05) is 0 Å². The minimum absolute atomic E-state index is 0.394. The molecule has 0 amide bonds. The van der Waals surface area contributed by atoms with Crippen molar-refractivity contribution < 1.29 is 0 Å². The van der Waals surface area contributed by atoms with E-state index >= 15 is 0 Å². The summed E-state index contributed by atoms with van der Waals surface area (Å²) in [6.07, 6.45) is 6.18. The molecule has 0 aromatic carbocycles. The van der Waals surface area contributed by atoms with E-state index in [2.05, 4.69) is 11.2 Å². The Kier molecular flexibility index (Phi) is 0.813. The molecule has 1 atom stereocenters. The maximum Gasteiger partial charge on any atom is 0.0699 e. The van der Waals surface area contributed by atoms with Crippen molar-refractivity contribution in [3.63, 3.8) is 0 Å². The van der Waals surface area contributed by atoms with Gasteiger partial charge >= 0.3 is 0 Å². The minimum atomic E-state index is 0.394. The topological polar surface area (TPSA) is 12.0 Å². The molecule has 1 rings (SSSR count). The van der Waals surface area contributed by atoms with Gasteiger partial charge in [-0.15, -0.1) is 6.42 Å². The second-order valence-electron chi connectivity index (χ2n) is 1.46. The highest BCUT2D eigenvalue weighted by molar-refractivity contribution is 5.03. The first-order valence-corrected chi connectivity index (χ1v) is 2.13. The lowest BCUT2D eigenvalue weighted by molar-refractivity contribution is 0.449. The van der Waals surface area contributed by atoms with Crippen LogP contribution in [0.1, 0.15) is 6.42 Å². The number of rotatable bonds is 0. The van der Waals surface area contributed by atoms with E-state index in [9.17, 15) is 0 Å². The Morgan fingerprint density at radius 3 is 2.50 bits per heavy atom. The summed E-state index contributed by atoms with van der Waals surface area (Å²) in [4.78, 5) is 0. The fraction of sp³-hybridized carbons (Fsp3) is 0.600. The van der Waals surface area contributed by atoms with E-state index in [1.807, 2.05) is 0 Å². The highest BCUT2D eigenvalue weighted by Gasteiger charge is 2.10. The SMILES string of the molecule is C#C[C@H]1CCN1. The molecule has 1 heteroatoms. The molecule has 0 unspecified atom stereocenters. The van der Waals surface area contributed by atoms with E-state index in [1.54, 1.807) is 0 Å². The second kappa shape index (κ2) is 1.32. The Balaban J connectivity index is 2.22. The fourth-order valence-corrected chi connectivity index (χ4v) is 0.431. The monoisotopic (exact) mass is 81.1 g/mol. The van der Waals surface area contributed by atoms with Gasteiger partial charge in [0.25, 0.3) is 0 Å². The predicted octanol–water partition coefficient (Wildman–Crippen LogP) is -0.0185. The first kappa shape index (κ1) is 3.70. The van der Waals surface area contributed by atoms with E-state index in [-0.39, 0.29) is 0 Å². The molecule has 0 aliphatic carbocycles. The largest absolute Gasteiger partial charge is 0.304 e. The molecule has 6 heavy (non-hydrogen) atoms. The average Bonchev–Trinajstić information content (AvgIpc) is 1.31. The van der Waals surface area contributed by atoms with Crippen molar-refractivity contribution in [1.82, 2.24) is 5.32 Å². The maximum atomic E-state index is 5.02. The lowest BCUT2D eigenvalue weighted by Crippen LogP contribution is -2.41. The van der Waals surface area contributed by atoms with Gasteiger partial charge in [0.1, 0.15) is 0 Å². The van der Waals surface area contributed by atoms with Crippen LogP contribution in [0.2, 0.25) is 0 Å². The smallest absolute Gasteiger partial charge is 0.0699 e. The van der Waals surface area contributed by atoms with Gasteiger partial charge in [-0.2, -0.15) is 0 Å². The van der Waals surface area contributed by atoms with E-state index < -0.39 is 0 Å². The van der Waals surface area contributed by atoms with Crippen LogP contribution in [0.25, 0.3) is 0 Å². The fourth-order valence-electron chi connectivity index (χ4n) is 0.431. The van der Waals surface area contributed by atoms with E-state index in [0.717, 1.165) is 13.0 Å². The minimum Gasteiger partial charge on any atom is -0.304 e. The zero-order valence-corrected chi connectivity index (χ0v) is 3.57. The summed E-state index contributed by atoms with van der Waals surface area (Å²) in [5.41, 5.74) is 0. The zero-order valence-electron chi connectivity index (χ0n) is 3.57. The van der Waals surface area contributed by atoms with Crippen LogP contribution in [0.4, 0.5) is 0 Å². The van der Waals surface area contributed by atoms with Gasteiger partial charge in [-0.1, -0.05) is 5.92 Å². The van der Waals surface area contributed by atoms with Crippen molar-refractivity contribution in [2.24, 2.45) is 0 Å². The molecule has 1 nitrogen and oxygen atoms in total. The van der Waals surface area contributed by atoms with Gasteiger partial charge in [-0.3, -0.25) is 0 Å². The Bertz CT molecular complexity index is 76.4. The van der Waals surface area contributed by atoms with Gasteiger partial charge in [0.05, 0.1) is 6.04 Å². The average molecular weight is 81.1 g/mol. The summed E-state index contributed by atoms with van der Waals surface area (Å²) in [7, 11) is 0. The van der Waals surface area contributed by atoms with Gasteiger partial charge in [-0.25, -0.2) is 0 Å². The summed E-state index contributed by atoms with van der Waals surface area (Å²) >= 11 is 0. The standard InChI is InChI=1S/C5H7N/c1-2-5-3-4-6-5/h1,5-6H,3-4H2/t5-/m0/s1. The molecular weight excluding hydrogens is 74.1 g/mol. The molecule has 0 radical (unpaired) electrons. The second-order valence-corrected chi connectivity index (χ2v) is 1.46. The number of hydrogen-bond donors (Lipinski definition) is 1. The van der Waals surface area contributed by atoms with Crippen molar-refractivity contribution >= 4 is 0 Å².